The summed E-state index contributed by atoms with van der Waals surface area (Å²) in [5, 5.41) is 2.61. The number of nitrogens with one attached hydrogen (secondary N) is 1. The van der Waals surface area contributed by atoms with Gasteiger partial charge in [-0.05, 0) is 37.1 Å². The molecular formula is C21H22N4O2. The zero-order valence-corrected chi connectivity index (χ0v) is 15.6. The summed E-state index contributed by atoms with van der Waals surface area (Å²) in [5.74, 6) is 0.530. The molecule has 1 amide bonds. The topological polar surface area (TPSA) is 90.1 Å². The van der Waals surface area contributed by atoms with Crippen molar-refractivity contribution >= 4 is 11.9 Å². The van der Waals surface area contributed by atoms with Gasteiger partial charge in [0, 0.05) is 7.05 Å². The van der Waals surface area contributed by atoms with Crippen molar-refractivity contribution in [2.45, 2.75) is 20.0 Å². The van der Waals surface area contributed by atoms with E-state index in [0.717, 1.165) is 11.1 Å². The molecule has 1 unspecified atom stereocenters. The second-order valence-electron chi connectivity index (χ2n) is 6.16. The van der Waals surface area contributed by atoms with Gasteiger partial charge in [0.1, 0.15) is 11.9 Å². The van der Waals surface area contributed by atoms with Crippen LogP contribution in [-0.4, -0.2) is 22.9 Å². The highest BCUT2D eigenvalue weighted by atomic mass is 16.5. The summed E-state index contributed by atoms with van der Waals surface area (Å²) in [6.45, 7) is 3.56. The normalized spacial score (nSPS) is 11.7. The van der Waals surface area contributed by atoms with Gasteiger partial charge in [-0.15, -0.1) is 0 Å². The quantitative estimate of drug-likeness (QED) is 0.724. The Hall–Kier alpha value is -3.41. The van der Waals surface area contributed by atoms with Gasteiger partial charge in [0.2, 0.25) is 5.95 Å². The van der Waals surface area contributed by atoms with Crippen molar-refractivity contribution in [3.05, 3.63) is 71.5 Å². The van der Waals surface area contributed by atoms with Crippen LogP contribution < -0.4 is 15.8 Å². The number of amides is 1. The first-order valence-electron chi connectivity index (χ1n) is 8.68. The van der Waals surface area contributed by atoms with Crippen molar-refractivity contribution in [1.29, 1.82) is 0 Å². The van der Waals surface area contributed by atoms with E-state index in [2.05, 4.69) is 27.4 Å². The molecule has 0 spiro atoms. The third-order valence-corrected chi connectivity index (χ3v) is 4.25. The van der Waals surface area contributed by atoms with E-state index in [1.807, 2.05) is 49.4 Å². The van der Waals surface area contributed by atoms with Gasteiger partial charge < -0.3 is 15.8 Å². The van der Waals surface area contributed by atoms with E-state index < -0.39 is 6.10 Å². The predicted molar refractivity (Wildman–Crippen MR) is 105 cm³/mol. The van der Waals surface area contributed by atoms with Crippen LogP contribution in [0.25, 0.3) is 11.1 Å². The molecule has 0 aliphatic carbocycles. The highest BCUT2D eigenvalue weighted by Crippen LogP contribution is 2.27. The molecule has 0 radical (unpaired) electrons. The number of nitrogens with two attached hydrogens (primary N) is 1. The number of anilines is 1. The molecule has 3 N–H and O–H groups in total. The molecule has 0 aliphatic heterocycles. The first kappa shape index (κ1) is 18.4. The maximum absolute atomic E-state index is 12.2. The van der Waals surface area contributed by atoms with Crippen molar-refractivity contribution in [3.8, 4) is 16.9 Å². The number of carbonyl (C=O) groups excluding carboxylic acids is 1. The van der Waals surface area contributed by atoms with Crippen LogP contribution >= 0.6 is 0 Å². The first-order chi connectivity index (χ1) is 13.0. The van der Waals surface area contributed by atoms with Gasteiger partial charge in [-0.2, -0.15) is 0 Å². The molecule has 6 nitrogen and oxygen atoms in total. The SMILES string of the molecule is CNC(=O)c1c(C)nc(N)nc1C(C)Oc1ccc(-c2ccccc2)cc1. The van der Waals surface area contributed by atoms with Gasteiger partial charge >= 0.3 is 0 Å². The maximum atomic E-state index is 12.2. The zero-order valence-electron chi connectivity index (χ0n) is 15.6. The predicted octanol–water partition coefficient (Wildman–Crippen LogP) is 3.53. The molecule has 1 atom stereocenters. The average molecular weight is 362 g/mol. The Kier molecular flexibility index (Phi) is 5.35. The summed E-state index contributed by atoms with van der Waals surface area (Å²) in [5.41, 5.74) is 9.39. The number of ether oxygens (including phenoxy) is 1. The standard InChI is InChI=1S/C21H22N4O2/c1-13-18(20(26)23-3)19(25-21(22)24-13)14(2)27-17-11-9-16(10-12-17)15-7-5-4-6-8-15/h4-12,14H,1-3H3,(H,23,26)(H2,22,24,25). The van der Waals surface area contributed by atoms with Gasteiger partial charge in [-0.25, -0.2) is 9.97 Å². The maximum Gasteiger partial charge on any atom is 0.254 e. The van der Waals surface area contributed by atoms with Crippen LogP contribution in [0.5, 0.6) is 5.75 Å². The summed E-state index contributed by atoms with van der Waals surface area (Å²) in [6.07, 6.45) is -0.469. The van der Waals surface area contributed by atoms with Gasteiger partial charge in [-0.3, -0.25) is 4.79 Å². The van der Waals surface area contributed by atoms with Crippen molar-refractivity contribution < 1.29 is 9.53 Å². The van der Waals surface area contributed by atoms with Crippen molar-refractivity contribution in [1.82, 2.24) is 15.3 Å². The summed E-state index contributed by atoms with van der Waals surface area (Å²) in [6, 6.07) is 17.9. The van der Waals surface area contributed by atoms with E-state index in [9.17, 15) is 4.79 Å². The number of hydrogen-bond acceptors (Lipinski definition) is 5. The molecule has 0 aliphatic rings. The van der Waals surface area contributed by atoms with E-state index >= 15 is 0 Å². The number of nitrogen functional groups attached to an aromatic ring is 1. The van der Waals surface area contributed by atoms with E-state index in [4.69, 9.17) is 10.5 Å². The number of aromatic nitrogens is 2. The Labute approximate surface area is 158 Å². The fourth-order valence-corrected chi connectivity index (χ4v) is 2.93. The summed E-state index contributed by atoms with van der Waals surface area (Å²) in [4.78, 5) is 20.6. The van der Waals surface area contributed by atoms with Crippen LogP contribution in [0.4, 0.5) is 5.95 Å². The Balaban J connectivity index is 1.85. The van der Waals surface area contributed by atoms with E-state index in [0.29, 0.717) is 22.7 Å². The van der Waals surface area contributed by atoms with Crippen LogP contribution in [0.15, 0.2) is 54.6 Å². The number of benzene rings is 2. The number of hydrogen-bond donors (Lipinski definition) is 2. The molecule has 6 heteroatoms. The molecular weight excluding hydrogens is 340 g/mol. The third-order valence-electron chi connectivity index (χ3n) is 4.25. The lowest BCUT2D eigenvalue weighted by molar-refractivity contribution is 0.0956. The summed E-state index contributed by atoms with van der Waals surface area (Å²) in [7, 11) is 1.57. The van der Waals surface area contributed by atoms with Crippen molar-refractivity contribution in [2.24, 2.45) is 0 Å². The van der Waals surface area contributed by atoms with Crippen LogP contribution in [0.2, 0.25) is 0 Å². The molecule has 0 fully saturated rings. The molecule has 27 heavy (non-hydrogen) atoms. The number of nitrogens with zero attached hydrogens (tertiary/aromatic N) is 2. The summed E-state index contributed by atoms with van der Waals surface area (Å²) < 4.78 is 6.01. The third kappa shape index (κ3) is 4.06. The zero-order chi connectivity index (χ0) is 19.4. The van der Waals surface area contributed by atoms with Crippen LogP contribution in [0.1, 0.15) is 34.8 Å². The molecule has 1 aromatic heterocycles. The van der Waals surface area contributed by atoms with Gasteiger partial charge in [0.25, 0.3) is 5.91 Å². The first-order valence-corrected chi connectivity index (χ1v) is 8.68. The van der Waals surface area contributed by atoms with E-state index in [-0.39, 0.29) is 11.9 Å². The Morgan fingerprint density at radius 2 is 1.67 bits per heavy atom. The number of aryl methyl sites for hydroxylation is 1. The van der Waals surface area contributed by atoms with E-state index in [1.165, 1.54) is 0 Å². The van der Waals surface area contributed by atoms with Crippen LogP contribution in [0, 0.1) is 6.92 Å². The molecule has 3 aromatic rings. The van der Waals surface area contributed by atoms with E-state index in [1.54, 1.807) is 14.0 Å². The van der Waals surface area contributed by atoms with Crippen LogP contribution in [-0.2, 0) is 0 Å². The Bertz CT molecular complexity index is 940. The minimum Gasteiger partial charge on any atom is -0.484 e. The van der Waals surface area contributed by atoms with Crippen molar-refractivity contribution in [2.75, 3.05) is 12.8 Å². The van der Waals surface area contributed by atoms with Crippen molar-refractivity contribution in [3.63, 3.8) is 0 Å². The molecule has 0 saturated carbocycles. The Morgan fingerprint density at radius 3 is 2.30 bits per heavy atom. The van der Waals surface area contributed by atoms with Gasteiger partial charge in [0.05, 0.1) is 17.0 Å². The summed E-state index contributed by atoms with van der Waals surface area (Å²) >= 11 is 0. The fraction of sp³-hybridized carbons (Fsp3) is 0.190. The lowest BCUT2D eigenvalue weighted by Gasteiger charge is -2.18. The second-order valence-corrected chi connectivity index (χ2v) is 6.16. The Morgan fingerprint density at radius 1 is 1.04 bits per heavy atom. The average Bonchev–Trinajstić information content (AvgIpc) is 2.68. The largest absolute Gasteiger partial charge is 0.484 e. The monoisotopic (exact) mass is 362 g/mol. The minimum atomic E-state index is -0.469. The molecule has 1 heterocycles. The molecule has 138 valence electrons. The lowest BCUT2D eigenvalue weighted by atomic mass is 10.1. The van der Waals surface area contributed by atoms with Gasteiger partial charge in [-0.1, -0.05) is 42.5 Å². The minimum absolute atomic E-state index is 0.116. The highest BCUT2D eigenvalue weighted by Gasteiger charge is 2.22. The molecule has 0 bridgehead atoms. The molecule has 0 saturated heterocycles. The van der Waals surface area contributed by atoms with Crippen LogP contribution in [0.3, 0.4) is 0 Å². The highest BCUT2D eigenvalue weighted by molar-refractivity contribution is 5.96. The molecule has 2 aromatic carbocycles. The lowest BCUT2D eigenvalue weighted by Crippen LogP contribution is -2.24. The number of carbonyl (C=O) groups is 1. The van der Waals surface area contributed by atoms with Gasteiger partial charge in [0.15, 0.2) is 0 Å². The fourth-order valence-electron chi connectivity index (χ4n) is 2.93. The molecule has 3 rings (SSSR count). The smallest absolute Gasteiger partial charge is 0.254 e. The number of rotatable bonds is 5. The second kappa shape index (κ2) is 7.86.